The fraction of sp³-hybridized carbons (Fsp3) is 0.0769. The van der Waals surface area contributed by atoms with E-state index in [0.717, 1.165) is 10.5 Å². The number of rotatable bonds is 3. The van der Waals surface area contributed by atoms with Crippen LogP contribution in [0.2, 0.25) is 0 Å². The molecule has 0 amide bonds. The second-order valence-electron chi connectivity index (χ2n) is 3.63. The molecule has 0 aliphatic heterocycles. The lowest BCUT2D eigenvalue weighted by atomic mass is 10.0. The largest absolute Gasteiger partial charge is 0.477 e. The monoisotopic (exact) mass is 261 g/mol. The number of H-pyrrole nitrogens is 1. The number of carboxylic acids is 1. The summed E-state index contributed by atoms with van der Waals surface area (Å²) in [5.41, 5.74) is 0.332. The minimum Gasteiger partial charge on any atom is -0.477 e. The van der Waals surface area contributed by atoms with Gasteiger partial charge < -0.3 is 10.1 Å². The van der Waals surface area contributed by atoms with Gasteiger partial charge in [-0.05, 0) is 30.0 Å². The number of benzene rings is 1. The summed E-state index contributed by atoms with van der Waals surface area (Å²) in [7, 11) is 0. The number of aromatic carboxylic acids is 1. The third kappa shape index (κ3) is 2.31. The molecule has 0 radical (unpaired) electrons. The van der Waals surface area contributed by atoms with E-state index in [-0.39, 0.29) is 5.56 Å². The molecule has 92 valence electrons. The molecule has 4 nitrogen and oxygen atoms in total. The Kier molecular flexibility index (Phi) is 3.53. The van der Waals surface area contributed by atoms with Crippen LogP contribution in [-0.2, 0) is 0 Å². The molecule has 0 unspecified atom stereocenters. The molecule has 0 aliphatic carbocycles. The molecule has 0 aliphatic rings. The van der Waals surface area contributed by atoms with Gasteiger partial charge >= 0.3 is 5.97 Å². The number of aromatic amines is 1. The number of hydrogen-bond acceptors (Lipinski definition) is 3. The van der Waals surface area contributed by atoms with E-state index >= 15 is 0 Å². The van der Waals surface area contributed by atoms with Crippen molar-refractivity contribution in [3.63, 3.8) is 0 Å². The Bertz CT molecular complexity index is 631. The molecule has 0 bridgehead atoms. The van der Waals surface area contributed by atoms with Crippen molar-refractivity contribution in [2.45, 2.75) is 4.90 Å². The van der Waals surface area contributed by atoms with Gasteiger partial charge in [0.15, 0.2) is 0 Å². The number of hydrogen-bond donors (Lipinski definition) is 2. The van der Waals surface area contributed by atoms with Crippen molar-refractivity contribution in [1.29, 1.82) is 0 Å². The Morgan fingerprint density at radius 1 is 1.22 bits per heavy atom. The van der Waals surface area contributed by atoms with E-state index in [2.05, 4.69) is 4.98 Å². The Balaban J connectivity index is 2.59. The van der Waals surface area contributed by atoms with Gasteiger partial charge in [0, 0.05) is 16.7 Å². The van der Waals surface area contributed by atoms with Gasteiger partial charge in [-0.25, -0.2) is 4.79 Å². The quantitative estimate of drug-likeness (QED) is 0.833. The minimum atomic E-state index is -1.22. The fourth-order valence-electron chi connectivity index (χ4n) is 1.70. The summed E-state index contributed by atoms with van der Waals surface area (Å²) in [5.74, 6) is -1.22. The summed E-state index contributed by atoms with van der Waals surface area (Å²) in [4.78, 5) is 26.1. The number of carboxylic acid groups (broad SMARTS) is 1. The first-order valence-electron chi connectivity index (χ1n) is 5.23. The molecule has 1 aromatic heterocycles. The minimum absolute atomic E-state index is 0.227. The average molecular weight is 261 g/mol. The fourth-order valence-corrected chi connectivity index (χ4v) is 2.11. The lowest BCUT2D eigenvalue weighted by Gasteiger charge is -2.05. The zero-order chi connectivity index (χ0) is 13.1. The first kappa shape index (κ1) is 12.4. The predicted molar refractivity (Wildman–Crippen MR) is 71.2 cm³/mol. The van der Waals surface area contributed by atoms with E-state index in [0.29, 0.717) is 5.56 Å². The highest BCUT2D eigenvalue weighted by Gasteiger charge is 2.15. The van der Waals surface area contributed by atoms with Gasteiger partial charge in [0.05, 0.1) is 0 Å². The molecule has 0 atom stereocenters. The summed E-state index contributed by atoms with van der Waals surface area (Å²) in [5, 5.41) is 9.08. The molecule has 0 saturated heterocycles. The SMILES string of the molecule is CSc1ccc(-c2cc[nH]c(=O)c2C(=O)O)cc1. The van der Waals surface area contributed by atoms with Crippen LogP contribution in [0, 0.1) is 0 Å². The number of thioether (sulfide) groups is 1. The molecule has 0 fully saturated rings. The third-order valence-electron chi connectivity index (χ3n) is 2.58. The van der Waals surface area contributed by atoms with E-state index in [4.69, 9.17) is 5.11 Å². The molecular weight excluding hydrogens is 250 g/mol. The Hall–Kier alpha value is -2.01. The Morgan fingerprint density at radius 2 is 1.89 bits per heavy atom. The van der Waals surface area contributed by atoms with Crippen LogP contribution in [0.4, 0.5) is 0 Å². The van der Waals surface area contributed by atoms with Gasteiger partial charge in [-0.1, -0.05) is 12.1 Å². The average Bonchev–Trinajstić information content (AvgIpc) is 2.38. The van der Waals surface area contributed by atoms with Gasteiger partial charge in [-0.3, -0.25) is 4.79 Å². The Labute approximate surface area is 108 Å². The van der Waals surface area contributed by atoms with Crippen LogP contribution in [0.3, 0.4) is 0 Å². The van der Waals surface area contributed by atoms with Crippen LogP contribution < -0.4 is 5.56 Å². The summed E-state index contributed by atoms with van der Waals surface area (Å²) in [6, 6.07) is 9.01. The summed E-state index contributed by atoms with van der Waals surface area (Å²) < 4.78 is 0. The van der Waals surface area contributed by atoms with E-state index < -0.39 is 11.5 Å². The smallest absolute Gasteiger partial charge is 0.341 e. The van der Waals surface area contributed by atoms with Crippen molar-refractivity contribution < 1.29 is 9.90 Å². The lowest BCUT2D eigenvalue weighted by Crippen LogP contribution is -2.18. The van der Waals surface area contributed by atoms with Crippen molar-refractivity contribution in [2.24, 2.45) is 0 Å². The highest BCUT2D eigenvalue weighted by Crippen LogP contribution is 2.24. The molecule has 0 spiro atoms. The van der Waals surface area contributed by atoms with Crippen molar-refractivity contribution in [3.05, 3.63) is 52.4 Å². The normalized spacial score (nSPS) is 10.3. The molecule has 18 heavy (non-hydrogen) atoms. The van der Waals surface area contributed by atoms with Gasteiger partial charge in [0.1, 0.15) is 5.56 Å². The summed E-state index contributed by atoms with van der Waals surface area (Å²) in [6.45, 7) is 0. The molecule has 2 N–H and O–H groups in total. The second-order valence-corrected chi connectivity index (χ2v) is 4.51. The first-order chi connectivity index (χ1) is 8.63. The maximum absolute atomic E-state index is 11.5. The van der Waals surface area contributed by atoms with Crippen LogP contribution in [0.5, 0.6) is 0 Å². The molecule has 0 saturated carbocycles. The first-order valence-corrected chi connectivity index (χ1v) is 6.45. The van der Waals surface area contributed by atoms with E-state index in [1.165, 1.54) is 6.20 Å². The van der Waals surface area contributed by atoms with Gasteiger partial charge in [-0.2, -0.15) is 0 Å². The van der Waals surface area contributed by atoms with E-state index in [1.807, 2.05) is 30.5 Å². The standard InChI is InChI=1S/C13H11NO3S/c1-18-9-4-2-8(3-5-9)10-6-7-14-12(15)11(10)13(16)17/h2-7H,1H3,(H,14,15)(H,16,17). The van der Waals surface area contributed by atoms with Gasteiger partial charge in [0.25, 0.3) is 5.56 Å². The maximum Gasteiger partial charge on any atom is 0.341 e. The molecule has 5 heteroatoms. The molecule has 2 rings (SSSR count). The summed E-state index contributed by atoms with van der Waals surface area (Å²) >= 11 is 1.60. The zero-order valence-corrected chi connectivity index (χ0v) is 10.5. The van der Waals surface area contributed by atoms with Crippen LogP contribution in [0.25, 0.3) is 11.1 Å². The number of nitrogens with one attached hydrogen (secondary N) is 1. The third-order valence-corrected chi connectivity index (χ3v) is 3.32. The number of pyridine rings is 1. The van der Waals surface area contributed by atoms with Gasteiger partial charge in [0.2, 0.25) is 0 Å². The number of carbonyl (C=O) groups is 1. The lowest BCUT2D eigenvalue weighted by molar-refractivity contribution is 0.0696. The molecule has 1 heterocycles. The summed E-state index contributed by atoms with van der Waals surface area (Å²) in [6.07, 6.45) is 3.41. The second kappa shape index (κ2) is 5.10. The molecule has 1 aromatic carbocycles. The van der Waals surface area contributed by atoms with Crippen molar-refractivity contribution >= 4 is 17.7 Å². The zero-order valence-electron chi connectivity index (χ0n) is 9.64. The van der Waals surface area contributed by atoms with E-state index in [9.17, 15) is 9.59 Å². The highest BCUT2D eigenvalue weighted by molar-refractivity contribution is 7.98. The predicted octanol–water partition coefficient (Wildman–Crippen LogP) is 2.46. The van der Waals surface area contributed by atoms with Gasteiger partial charge in [-0.15, -0.1) is 11.8 Å². The number of aromatic nitrogens is 1. The van der Waals surface area contributed by atoms with Crippen molar-refractivity contribution in [1.82, 2.24) is 4.98 Å². The highest BCUT2D eigenvalue weighted by atomic mass is 32.2. The van der Waals surface area contributed by atoms with Crippen molar-refractivity contribution in [2.75, 3.05) is 6.26 Å². The Morgan fingerprint density at radius 3 is 2.44 bits per heavy atom. The van der Waals surface area contributed by atoms with Crippen LogP contribution in [0.1, 0.15) is 10.4 Å². The maximum atomic E-state index is 11.5. The topological polar surface area (TPSA) is 70.2 Å². The van der Waals surface area contributed by atoms with Crippen LogP contribution >= 0.6 is 11.8 Å². The van der Waals surface area contributed by atoms with E-state index in [1.54, 1.807) is 17.8 Å². The van der Waals surface area contributed by atoms with Crippen molar-refractivity contribution in [3.8, 4) is 11.1 Å². The van der Waals surface area contributed by atoms with Crippen LogP contribution in [-0.4, -0.2) is 22.3 Å². The van der Waals surface area contributed by atoms with Crippen LogP contribution in [0.15, 0.2) is 46.2 Å². The molecular formula is C13H11NO3S. The molecule has 2 aromatic rings.